The topological polar surface area (TPSA) is 54.9 Å². The Morgan fingerprint density at radius 3 is 3.06 bits per heavy atom. The molecule has 0 saturated carbocycles. The molecule has 1 aromatic carbocycles. The number of guanidine groups is 1. The average molecular weight is 235 g/mol. The molecule has 17 heavy (non-hydrogen) atoms. The van der Waals surface area contributed by atoms with Gasteiger partial charge in [0.05, 0.1) is 20.2 Å². The summed E-state index contributed by atoms with van der Waals surface area (Å²) in [7, 11) is 1.64. The maximum atomic E-state index is 5.58. The molecule has 1 aromatic rings. The maximum Gasteiger partial charge on any atom is 0.191 e. The summed E-state index contributed by atoms with van der Waals surface area (Å²) in [5.41, 5.74) is 0. The van der Waals surface area contributed by atoms with Gasteiger partial charge in [-0.15, -0.1) is 0 Å². The predicted molar refractivity (Wildman–Crippen MR) is 66.8 cm³/mol. The van der Waals surface area contributed by atoms with Crippen LogP contribution in [0.5, 0.6) is 11.5 Å². The first-order valence-electron chi connectivity index (χ1n) is 5.67. The van der Waals surface area contributed by atoms with E-state index in [0.29, 0.717) is 6.61 Å². The fourth-order valence-corrected chi connectivity index (χ4v) is 1.55. The summed E-state index contributed by atoms with van der Waals surface area (Å²) >= 11 is 0. The van der Waals surface area contributed by atoms with Gasteiger partial charge in [0.2, 0.25) is 0 Å². The van der Waals surface area contributed by atoms with E-state index in [4.69, 9.17) is 9.47 Å². The number of nitrogens with one attached hydrogen (secondary N) is 2. The minimum absolute atomic E-state index is 0.591. The molecular weight excluding hydrogens is 218 g/mol. The standard InChI is InChI=1S/C12H17N3O2/c1-16-10-3-2-4-11(9-10)17-8-7-15-12-13-5-6-14-12/h2-4,9H,5-8H2,1H3,(H2,13,14,15). The van der Waals surface area contributed by atoms with E-state index < -0.39 is 0 Å². The summed E-state index contributed by atoms with van der Waals surface area (Å²) in [6.45, 7) is 3.08. The summed E-state index contributed by atoms with van der Waals surface area (Å²) in [5, 5.41) is 6.30. The lowest BCUT2D eigenvalue weighted by atomic mass is 10.3. The van der Waals surface area contributed by atoms with Crippen molar-refractivity contribution in [3.05, 3.63) is 24.3 Å². The molecule has 0 aromatic heterocycles. The highest BCUT2D eigenvalue weighted by Gasteiger charge is 2.02. The molecular formula is C12H17N3O2. The van der Waals surface area contributed by atoms with Crippen LogP contribution in [0.15, 0.2) is 29.3 Å². The zero-order chi connectivity index (χ0) is 11.9. The maximum absolute atomic E-state index is 5.58. The summed E-state index contributed by atoms with van der Waals surface area (Å²) in [6, 6.07) is 7.58. The molecule has 0 saturated heterocycles. The van der Waals surface area contributed by atoms with Crippen LogP contribution in [0.4, 0.5) is 0 Å². The fraction of sp³-hybridized carbons (Fsp3) is 0.417. The van der Waals surface area contributed by atoms with Gasteiger partial charge in [-0.05, 0) is 12.1 Å². The fourth-order valence-electron chi connectivity index (χ4n) is 1.55. The highest BCUT2D eigenvalue weighted by atomic mass is 16.5. The van der Waals surface area contributed by atoms with Gasteiger partial charge in [-0.1, -0.05) is 6.07 Å². The number of hydrogen-bond donors (Lipinski definition) is 2. The van der Waals surface area contributed by atoms with Crippen LogP contribution in [-0.4, -0.2) is 39.3 Å². The monoisotopic (exact) mass is 235 g/mol. The van der Waals surface area contributed by atoms with Crippen molar-refractivity contribution in [2.75, 3.05) is 33.4 Å². The third-order valence-corrected chi connectivity index (χ3v) is 2.38. The molecule has 0 amide bonds. The summed E-state index contributed by atoms with van der Waals surface area (Å²) < 4.78 is 10.7. The smallest absolute Gasteiger partial charge is 0.191 e. The molecule has 0 atom stereocenters. The van der Waals surface area contributed by atoms with Crippen LogP contribution in [0.25, 0.3) is 0 Å². The van der Waals surface area contributed by atoms with E-state index >= 15 is 0 Å². The van der Waals surface area contributed by atoms with Crippen LogP contribution < -0.4 is 20.1 Å². The van der Waals surface area contributed by atoms with Crippen molar-refractivity contribution in [2.24, 2.45) is 4.99 Å². The van der Waals surface area contributed by atoms with E-state index in [1.165, 1.54) is 0 Å². The highest BCUT2D eigenvalue weighted by molar-refractivity contribution is 5.81. The van der Waals surface area contributed by atoms with Crippen LogP contribution in [0, 0.1) is 0 Å². The number of nitrogens with zero attached hydrogens (tertiary/aromatic N) is 1. The van der Waals surface area contributed by atoms with Gasteiger partial charge in [-0.25, -0.2) is 0 Å². The summed E-state index contributed by atoms with van der Waals surface area (Å²) in [6.07, 6.45) is 0. The van der Waals surface area contributed by atoms with E-state index in [0.717, 1.165) is 37.1 Å². The van der Waals surface area contributed by atoms with Gasteiger partial charge in [0.15, 0.2) is 5.96 Å². The van der Waals surface area contributed by atoms with Gasteiger partial charge in [0.25, 0.3) is 0 Å². The minimum Gasteiger partial charge on any atom is -0.497 e. The molecule has 0 bridgehead atoms. The molecule has 0 aliphatic carbocycles. The third kappa shape index (κ3) is 3.55. The molecule has 2 N–H and O–H groups in total. The molecule has 92 valence electrons. The van der Waals surface area contributed by atoms with Gasteiger partial charge in [-0.3, -0.25) is 4.99 Å². The molecule has 0 unspecified atom stereocenters. The molecule has 5 nitrogen and oxygen atoms in total. The van der Waals surface area contributed by atoms with Crippen molar-refractivity contribution >= 4 is 5.96 Å². The molecule has 5 heteroatoms. The zero-order valence-corrected chi connectivity index (χ0v) is 9.90. The normalized spacial score (nSPS) is 13.8. The number of hydrogen-bond acceptors (Lipinski definition) is 5. The van der Waals surface area contributed by atoms with Crippen LogP contribution >= 0.6 is 0 Å². The van der Waals surface area contributed by atoms with E-state index in [1.807, 2.05) is 24.3 Å². The lowest BCUT2D eigenvalue weighted by Crippen LogP contribution is -2.36. The van der Waals surface area contributed by atoms with Crippen LogP contribution in [0.3, 0.4) is 0 Å². The van der Waals surface area contributed by atoms with E-state index in [1.54, 1.807) is 7.11 Å². The molecule has 0 fully saturated rings. The van der Waals surface area contributed by atoms with Crippen LogP contribution in [0.1, 0.15) is 0 Å². The van der Waals surface area contributed by atoms with Crippen molar-refractivity contribution in [3.8, 4) is 11.5 Å². The van der Waals surface area contributed by atoms with Gasteiger partial charge in [-0.2, -0.15) is 0 Å². The van der Waals surface area contributed by atoms with Gasteiger partial charge in [0, 0.05) is 12.6 Å². The van der Waals surface area contributed by atoms with Crippen molar-refractivity contribution in [1.82, 2.24) is 10.6 Å². The van der Waals surface area contributed by atoms with Gasteiger partial charge >= 0.3 is 0 Å². The number of ether oxygens (including phenoxy) is 2. The number of methoxy groups -OCH3 is 1. The second-order valence-electron chi connectivity index (χ2n) is 3.61. The average Bonchev–Trinajstić information content (AvgIpc) is 2.88. The van der Waals surface area contributed by atoms with E-state index in [-0.39, 0.29) is 0 Å². The van der Waals surface area contributed by atoms with Crippen LogP contribution in [0.2, 0.25) is 0 Å². The quantitative estimate of drug-likeness (QED) is 0.735. The molecule has 1 aliphatic heterocycles. The summed E-state index contributed by atoms with van der Waals surface area (Å²) in [4.78, 5) is 4.23. The number of aliphatic imine (C=N–C) groups is 1. The molecule has 2 rings (SSSR count). The predicted octanol–water partition coefficient (Wildman–Crippen LogP) is 0.623. The van der Waals surface area contributed by atoms with Crippen molar-refractivity contribution in [3.63, 3.8) is 0 Å². The lowest BCUT2D eigenvalue weighted by Gasteiger charge is -2.09. The lowest BCUT2D eigenvalue weighted by molar-refractivity contribution is 0.319. The van der Waals surface area contributed by atoms with Crippen LogP contribution in [-0.2, 0) is 0 Å². The third-order valence-electron chi connectivity index (χ3n) is 2.38. The Balaban J connectivity index is 1.70. The van der Waals surface area contributed by atoms with Crippen molar-refractivity contribution in [1.29, 1.82) is 0 Å². The van der Waals surface area contributed by atoms with Crippen molar-refractivity contribution < 1.29 is 9.47 Å². The number of benzene rings is 1. The molecule has 0 radical (unpaired) electrons. The Labute approximate surface area is 101 Å². The van der Waals surface area contributed by atoms with Gasteiger partial charge < -0.3 is 20.1 Å². The second kappa shape index (κ2) is 5.98. The zero-order valence-electron chi connectivity index (χ0n) is 9.90. The largest absolute Gasteiger partial charge is 0.497 e. The SMILES string of the molecule is COc1cccc(OCCNC2=NCCN2)c1. The van der Waals surface area contributed by atoms with Gasteiger partial charge in [0.1, 0.15) is 18.1 Å². The first kappa shape index (κ1) is 11.6. The molecule has 1 aliphatic rings. The first-order chi connectivity index (χ1) is 8.38. The first-order valence-corrected chi connectivity index (χ1v) is 5.67. The Kier molecular flexibility index (Phi) is 4.07. The minimum atomic E-state index is 0.591. The second-order valence-corrected chi connectivity index (χ2v) is 3.61. The Hall–Kier alpha value is -1.91. The molecule has 0 spiro atoms. The Bertz CT molecular complexity index is 393. The van der Waals surface area contributed by atoms with Crippen molar-refractivity contribution in [2.45, 2.75) is 0 Å². The van der Waals surface area contributed by atoms with E-state index in [9.17, 15) is 0 Å². The number of rotatable bonds is 5. The Morgan fingerprint density at radius 2 is 2.29 bits per heavy atom. The summed E-state index contributed by atoms with van der Waals surface area (Å²) in [5.74, 6) is 2.48. The highest BCUT2D eigenvalue weighted by Crippen LogP contribution is 2.18. The Morgan fingerprint density at radius 1 is 1.41 bits per heavy atom. The molecule has 1 heterocycles. The van der Waals surface area contributed by atoms with E-state index in [2.05, 4.69) is 15.6 Å².